The zero-order valence-electron chi connectivity index (χ0n) is 12.1. The first-order valence-electron chi connectivity index (χ1n) is 7.06. The van der Waals surface area contributed by atoms with E-state index in [4.69, 9.17) is 0 Å². The molecule has 2 rings (SSSR count). The molecule has 0 amide bonds. The molecular weight excluding hydrogens is 272 g/mol. The van der Waals surface area contributed by atoms with Crippen molar-refractivity contribution in [3.05, 3.63) is 23.8 Å². The van der Waals surface area contributed by atoms with Gasteiger partial charge in [-0.3, -0.25) is 0 Å². The summed E-state index contributed by atoms with van der Waals surface area (Å²) in [5.41, 5.74) is 1.16. The Hall–Kier alpha value is -1.20. The third-order valence-corrected chi connectivity index (χ3v) is 4.46. The zero-order valence-corrected chi connectivity index (χ0v) is 12.9. The molecule has 1 atom stereocenters. The lowest BCUT2D eigenvalue weighted by molar-refractivity contribution is 0.0694. The number of benzene rings is 1. The molecule has 1 aromatic rings. The van der Waals surface area contributed by atoms with Crippen LogP contribution in [0.4, 0.5) is 5.69 Å². The Bertz CT molecular complexity index is 479. The Morgan fingerprint density at radius 3 is 3.00 bits per heavy atom. The highest BCUT2D eigenvalue weighted by atomic mass is 32.2. The second kappa shape index (κ2) is 6.99. The summed E-state index contributed by atoms with van der Waals surface area (Å²) in [4.78, 5) is 14.7. The maximum Gasteiger partial charge on any atom is 0.338 e. The number of carboxylic acid groups (broad SMARTS) is 1. The quantitative estimate of drug-likeness (QED) is 0.818. The molecule has 0 aromatic heterocycles. The molecule has 0 aliphatic carbocycles. The number of carbonyl (C=O) groups is 1. The number of carboxylic acids is 1. The first kappa shape index (κ1) is 15.2. The minimum atomic E-state index is -0.854. The Morgan fingerprint density at radius 2 is 2.35 bits per heavy atom. The molecule has 4 nitrogen and oxygen atoms in total. The van der Waals surface area contributed by atoms with Gasteiger partial charge in [0.15, 0.2) is 0 Å². The first-order valence-corrected chi connectivity index (χ1v) is 8.04. The van der Waals surface area contributed by atoms with Crippen LogP contribution < -0.4 is 5.32 Å². The van der Waals surface area contributed by atoms with Crippen LogP contribution in [-0.2, 0) is 0 Å². The van der Waals surface area contributed by atoms with Crippen molar-refractivity contribution in [2.45, 2.75) is 30.7 Å². The third kappa shape index (κ3) is 3.67. The lowest BCUT2D eigenvalue weighted by Crippen LogP contribution is -2.40. The summed E-state index contributed by atoms with van der Waals surface area (Å²) < 4.78 is 0. The molecule has 20 heavy (non-hydrogen) atoms. The van der Waals surface area contributed by atoms with Gasteiger partial charge in [0.05, 0.1) is 11.3 Å². The fraction of sp³-hybridized carbons (Fsp3) is 0.533. The minimum absolute atomic E-state index is 0.328. The lowest BCUT2D eigenvalue weighted by Gasteiger charge is -2.31. The van der Waals surface area contributed by atoms with Crippen molar-refractivity contribution in [1.29, 1.82) is 0 Å². The molecule has 1 aliphatic heterocycles. The molecule has 5 heteroatoms. The van der Waals surface area contributed by atoms with E-state index >= 15 is 0 Å². The predicted octanol–water partition coefficient (Wildman–Crippen LogP) is 3.00. The van der Waals surface area contributed by atoms with E-state index in [0.717, 1.165) is 42.3 Å². The molecule has 1 aliphatic rings. The average Bonchev–Trinajstić information content (AvgIpc) is 2.39. The molecule has 1 saturated heterocycles. The highest BCUT2D eigenvalue weighted by molar-refractivity contribution is 7.99. The van der Waals surface area contributed by atoms with E-state index in [1.807, 2.05) is 25.1 Å². The van der Waals surface area contributed by atoms with Crippen LogP contribution in [0, 0.1) is 0 Å². The Labute approximate surface area is 124 Å². The van der Waals surface area contributed by atoms with Gasteiger partial charge in [-0.15, -0.1) is 11.8 Å². The summed E-state index contributed by atoms with van der Waals surface area (Å²) in [5, 5.41) is 12.9. The number of hydrogen-bond acceptors (Lipinski definition) is 4. The van der Waals surface area contributed by atoms with Crippen LogP contribution in [-0.4, -0.2) is 47.9 Å². The van der Waals surface area contributed by atoms with Crippen molar-refractivity contribution in [1.82, 2.24) is 4.90 Å². The monoisotopic (exact) mass is 294 g/mol. The number of aromatic carboxylic acids is 1. The van der Waals surface area contributed by atoms with Crippen LogP contribution in [0.3, 0.4) is 0 Å². The number of likely N-dealkylation sites (N-methyl/N-ethyl adjacent to an activating group) is 1. The Balaban J connectivity index is 2.21. The van der Waals surface area contributed by atoms with Crippen molar-refractivity contribution < 1.29 is 9.90 Å². The second-order valence-electron chi connectivity index (χ2n) is 5.16. The number of piperidine rings is 1. The summed E-state index contributed by atoms with van der Waals surface area (Å²) >= 11 is 1.58. The third-order valence-electron chi connectivity index (χ3n) is 3.52. The van der Waals surface area contributed by atoms with Crippen LogP contribution in [0.1, 0.15) is 30.1 Å². The van der Waals surface area contributed by atoms with Crippen molar-refractivity contribution in [3.63, 3.8) is 0 Å². The maximum atomic E-state index is 11.6. The summed E-state index contributed by atoms with van der Waals surface area (Å²) in [7, 11) is 2.11. The number of thioether (sulfide) groups is 1. The molecule has 1 fully saturated rings. The van der Waals surface area contributed by atoms with Gasteiger partial charge in [0, 0.05) is 17.5 Å². The van der Waals surface area contributed by atoms with Gasteiger partial charge < -0.3 is 15.3 Å². The van der Waals surface area contributed by atoms with E-state index < -0.39 is 5.97 Å². The van der Waals surface area contributed by atoms with Crippen molar-refractivity contribution in [3.8, 4) is 0 Å². The summed E-state index contributed by atoms with van der Waals surface area (Å²) in [6.07, 6.45) is 2.24. The molecule has 0 spiro atoms. The van der Waals surface area contributed by atoms with Crippen LogP contribution in [0.5, 0.6) is 0 Å². The second-order valence-corrected chi connectivity index (χ2v) is 6.47. The average molecular weight is 294 g/mol. The van der Waals surface area contributed by atoms with Gasteiger partial charge in [0.1, 0.15) is 0 Å². The normalized spacial score (nSPS) is 19.8. The van der Waals surface area contributed by atoms with Crippen molar-refractivity contribution >= 4 is 23.4 Å². The highest BCUT2D eigenvalue weighted by Crippen LogP contribution is 2.29. The molecule has 110 valence electrons. The fourth-order valence-corrected chi connectivity index (χ4v) is 3.48. The predicted molar refractivity (Wildman–Crippen MR) is 83.9 cm³/mol. The van der Waals surface area contributed by atoms with Gasteiger partial charge in [-0.1, -0.05) is 13.0 Å². The lowest BCUT2D eigenvalue weighted by atomic mass is 10.0. The van der Waals surface area contributed by atoms with Crippen molar-refractivity contribution in [2.75, 3.05) is 31.2 Å². The SMILES string of the molecule is CCSc1cccc(NC2CCCN(C)C2)c1C(=O)O. The van der Waals surface area contributed by atoms with Gasteiger partial charge in [0.25, 0.3) is 0 Å². The van der Waals surface area contributed by atoms with E-state index in [9.17, 15) is 9.90 Å². The van der Waals surface area contributed by atoms with Gasteiger partial charge in [-0.05, 0) is 44.3 Å². The smallest absolute Gasteiger partial charge is 0.338 e. The topological polar surface area (TPSA) is 52.6 Å². The van der Waals surface area contributed by atoms with Gasteiger partial charge >= 0.3 is 5.97 Å². The van der Waals surface area contributed by atoms with Gasteiger partial charge in [0.2, 0.25) is 0 Å². The number of rotatable bonds is 5. The minimum Gasteiger partial charge on any atom is -0.478 e. The van der Waals surface area contributed by atoms with Gasteiger partial charge in [-0.2, -0.15) is 0 Å². The molecule has 0 bridgehead atoms. The Morgan fingerprint density at radius 1 is 1.55 bits per heavy atom. The summed E-state index contributed by atoms with van der Waals surface area (Å²) in [6.45, 7) is 4.12. The molecular formula is C15H22N2O2S. The number of likely N-dealkylation sites (tertiary alicyclic amines) is 1. The summed E-state index contributed by atoms with van der Waals surface area (Å²) in [6, 6.07) is 6.01. The molecule has 0 radical (unpaired) electrons. The molecule has 0 saturated carbocycles. The van der Waals surface area contributed by atoms with E-state index in [1.54, 1.807) is 11.8 Å². The number of hydrogen-bond donors (Lipinski definition) is 2. The molecule has 1 heterocycles. The van der Waals surface area contributed by atoms with E-state index in [2.05, 4.69) is 17.3 Å². The standard InChI is InChI=1S/C15H22N2O2S/c1-3-20-13-8-4-7-12(14(13)15(18)19)16-11-6-5-9-17(2)10-11/h4,7-8,11,16H,3,5-6,9-10H2,1-2H3,(H,18,19). The van der Waals surface area contributed by atoms with Crippen LogP contribution in [0.25, 0.3) is 0 Å². The Kier molecular flexibility index (Phi) is 5.31. The van der Waals surface area contributed by atoms with Crippen LogP contribution >= 0.6 is 11.8 Å². The van der Waals surface area contributed by atoms with E-state index in [1.165, 1.54) is 0 Å². The van der Waals surface area contributed by atoms with E-state index in [-0.39, 0.29) is 0 Å². The largest absolute Gasteiger partial charge is 0.478 e. The zero-order chi connectivity index (χ0) is 14.5. The number of nitrogens with one attached hydrogen (secondary N) is 1. The summed E-state index contributed by atoms with van der Waals surface area (Å²) in [5.74, 6) is 0.0174. The number of anilines is 1. The van der Waals surface area contributed by atoms with Crippen molar-refractivity contribution in [2.24, 2.45) is 0 Å². The molecule has 2 N–H and O–H groups in total. The maximum absolute atomic E-state index is 11.6. The highest BCUT2D eigenvalue weighted by Gasteiger charge is 2.21. The van der Waals surface area contributed by atoms with Gasteiger partial charge in [-0.25, -0.2) is 4.79 Å². The first-order chi connectivity index (χ1) is 9.61. The number of nitrogens with zero attached hydrogens (tertiary/aromatic N) is 1. The molecule has 1 aromatic carbocycles. The fourth-order valence-electron chi connectivity index (χ4n) is 2.65. The van der Waals surface area contributed by atoms with E-state index in [0.29, 0.717) is 11.6 Å². The van der Waals surface area contributed by atoms with Crippen LogP contribution in [0.2, 0.25) is 0 Å². The van der Waals surface area contributed by atoms with Crippen LogP contribution in [0.15, 0.2) is 23.1 Å². The molecule has 1 unspecified atom stereocenters.